The van der Waals surface area contributed by atoms with Gasteiger partial charge in [-0.05, 0) is 39.0 Å². The average Bonchev–Trinajstić information content (AvgIpc) is 2.24. The predicted molar refractivity (Wildman–Crippen MR) is 77.6 cm³/mol. The van der Waals surface area contributed by atoms with Gasteiger partial charge in [-0.25, -0.2) is 4.72 Å². The van der Waals surface area contributed by atoms with Gasteiger partial charge >= 0.3 is 5.97 Å². The Labute approximate surface area is 121 Å². The zero-order chi connectivity index (χ0) is 15.4. The van der Waals surface area contributed by atoms with Crippen LogP contribution < -0.4 is 9.44 Å². The Morgan fingerprint density at radius 2 is 1.75 bits per heavy atom. The Morgan fingerprint density at radius 1 is 1.20 bits per heavy atom. The number of nitrogens with one attached hydrogen (secondary N) is 2. The van der Waals surface area contributed by atoms with Crippen molar-refractivity contribution in [2.24, 2.45) is 5.41 Å². The fraction of sp³-hybridized carbons (Fsp3) is 0.923. The number of carbonyl (C=O) groups is 1. The van der Waals surface area contributed by atoms with E-state index >= 15 is 0 Å². The van der Waals surface area contributed by atoms with Crippen molar-refractivity contribution in [3.63, 3.8) is 0 Å². The lowest BCUT2D eigenvalue weighted by molar-refractivity contribution is -0.140. The lowest BCUT2D eigenvalue weighted by Gasteiger charge is -2.36. The molecule has 7 heteroatoms. The van der Waals surface area contributed by atoms with E-state index in [0.29, 0.717) is 0 Å². The maximum absolute atomic E-state index is 11.9. The fourth-order valence-electron chi connectivity index (χ4n) is 2.73. The Morgan fingerprint density at radius 3 is 2.20 bits per heavy atom. The summed E-state index contributed by atoms with van der Waals surface area (Å²) in [5.41, 5.74) is -1.00. The molecule has 118 valence electrons. The van der Waals surface area contributed by atoms with E-state index in [2.05, 4.69) is 9.44 Å². The van der Waals surface area contributed by atoms with E-state index in [1.807, 2.05) is 0 Å². The van der Waals surface area contributed by atoms with Gasteiger partial charge in [0.15, 0.2) is 0 Å². The molecule has 0 atom stereocenters. The maximum atomic E-state index is 11.9. The number of hydrogen-bond acceptors (Lipinski definition) is 3. The van der Waals surface area contributed by atoms with Gasteiger partial charge in [-0.15, -0.1) is 0 Å². The molecule has 1 aliphatic carbocycles. The van der Waals surface area contributed by atoms with Crippen molar-refractivity contribution in [3.8, 4) is 0 Å². The first kappa shape index (κ1) is 17.4. The van der Waals surface area contributed by atoms with Crippen molar-refractivity contribution in [1.29, 1.82) is 0 Å². The molecule has 1 aliphatic rings. The average molecular weight is 306 g/mol. The van der Waals surface area contributed by atoms with Gasteiger partial charge in [0.25, 0.3) is 10.2 Å². The first-order valence-electron chi connectivity index (χ1n) is 7.04. The standard InChI is InChI=1S/C13H26N2O4S/c1-12(2,3)15-20(18,19)14-10-13(9-11(16)17)7-5-4-6-8-13/h14-15H,4-10H2,1-3H3,(H,16,17). The fourth-order valence-corrected chi connectivity index (χ4v) is 4.10. The lowest BCUT2D eigenvalue weighted by Crippen LogP contribution is -2.50. The first-order chi connectivity index (χ1) is 9.04. The third-order valence-electron chi connectivity index (χ3n) is 3.52. The zero-order valence-corrected chi connectivity index (χ0v) is 13.3. The normalized spacial score (nSPS) is 19.8. The van der Waals surface area contributed by atoms with Crippen LogP contribution in [0.4, 0.5) is 0 Å². The van der Waals surface area contributed by atoms with E-state index in [-0.39, 0.29) is 13.0 Å². The van der Waals surface area contributed by atoms with E-state index in [9.17, 15) is 13.2 Å². The second-order valence-electron chi connectivity index (χ2n) is 6.81. The predicted octanol–water partition coefficient (Wildman–Crippen LogP) is 1.63. The highest BCUT2D eigenvalue weighted by Crippen LogP contribution is 2.38. The summed E-state index contributed by atoms with van der Waals surface area (Å²) in [7, 11) is -3.61. The summed E-state index contributed by atoms with van der Waals surface area (Å²) in [6, 6.07) is 0. The molecule has 0 unspecified atom stereocenters. The van der Waals surface area contributed by atoms with Gasteiger partial charge in [-0.1, -0.05) is 19.3 Å². The number of carboxylic acids is 1. The minimum absolute atomic E-state index is 0.0189. The van der Waals surface area contributed by atoms with Crippen molar-refractivity contribution in [3.05, 3.63) is 0 Å². The molecule has 20 heavy (non-hydrogen) atoms. The largest absolute Gasteiger partial charge is 0.481 e. The van der Waals surface area contributed by atoms with Crippen LogP contribution in [0.3, 0.4) is 0 Å². The quantitative estimate of drug-likeness (QED) is 0.695. The maximum Gasteiger partial charge on any atom is 0.303 e. The van der Waals surface area contributed by atoms with Crippen molar-refractivity contribution < 1.29 is 18.3 Å². The Hall–Kier alpha value is -0.660. The molecular formula is C13H26N2O4S. The summed E-state index contributed by atoms with van der Waals surface area (Å²) < 4.78 is 28.9. The van der Waals surface area contributed by atoms with E-state index in [1.54, 1.807) is 20.8 Å². The van der Waals surface area contributed by atoms with Crippen LogP contribution in [0.1, 0.15) is 59.3 Å². The van der Waals surface area contributed by atoms with Gasteiger partial charge in [0.05, 0.1) is 6.42 Å². The molecule has 3 N–H and O–H groups in total. The van der Waals surface area contributed by atoms with Gasteiger partial charge in [-0.3, -0.25) is 4.79 Å². The number of carboxylic acid groups (broad SMARTS) is 1. The van der Waals surface area contributed by atoms with E-state index in [0.717, 1.165) is 32.1 Å². The molecule has 0 amide bonds. The van der Waals surface area contributed by atoms with Crippen molar-refractivity contribution in [2.75, 3.05) is 6.54 Å². The molecule has 1 saturated carbocycles. The molecule has 0 aromatic rings. The van der Waals surface area contributed by atoms with E-state index < -0.39 is 27.1 Å². The number of aliphatic carboxylic acids is 1. The molecule has 0 spiro atoms. The van der Waals surface area contributed by atoms with Crippen LogP contribution in [0.25, 0.3) is 0 Å². The van der Waals surface area contributed by atoms with Crippen LogP contribution in [-0.2, 0) is 15.0 Å². The lowest BCUT2D eigenvalue weighted by atomic mass is 9.72. The Kier molecular flexibility index (Phi) is 5.57. The highest BCUT2D eigenvalue weighted by molar-refractivity contribution is 7.87. The third kappa shape index (κ3) is 6.19. The molecule has 0 aliphatic heterocycles. The number of rotatable bonds is 6. The van der Waals surface area contributed by atoms with E-state index in [1.165, 1.54) is 0 Å². The van der Waals surface area contributed by atoms with Gasteiger partial charge in [0.1, 0.15) is 0 Å². The summed E-state index contributed by atoms with van der Waals surface area (Å²) in [4.78, 5) is 11.0. The molecule has 6 nitrogen and oxygen atoms in total. The van der Waals surface area contributed by atoms with Crippen LogP contribution in [0, 0.1) is 5.41 Å². The Balaban J connectivity index is 2.69. The second-order valence-corrected chi connectivity index (χ2v) is 8.31. The molecule has 1 fully saturated rings. The minimum Gasteiger partial charge on any atom is -0.481 e. The van der Waals surface area contributed by atoms with Crippen molar-refractivity contribution in [1.82, 2.24) is 9.44 Å². The van der Waals surface area contributed by atoms with Crippen LogP contribution in [0.2, 0.25) is 0 Å². The number of hydrogen-bond donors (Lipinski definition) is 3. The monoisotopic (exact) mass is 306 g/mol. The minimum atomic E-state index is -3.61. The van der Waals surface area contributed by atoms with Gasteiger partial charge < -0.3 is 5.11 Å². The summed E-state index contributed by atoms with van der Waals surface area (Å²) >= 11 is 0. The molecular weight excluding hydrogens is 280 g/mol. The smallest absolute Gasteiger partial charge is 0.303 e. The van der Waals surface area contributed by atoms with E-state index in [4.69, 9.17) is 5.11 Å². The molecule has 0 saturated heterocycles. The highest BCUT2D eigenvalue weighted by Gasteiger charge is 2.35. The molecule has 0 radical (unpaired) electrons. The molecule has 0 aromatic heterocycles. The summed E-state index contributed by atoms with van der Waals surface area (Å²) in [6.45, 7) is 5.48. The van der Waals surface area contributed by atoms with Gasteiger partial charge in [-0.2, -0.15) is 13.1 Å². The second kappa shape index (κ2) is 6.41. The molecule has 1 rings (SSSR count). The van der Waals surface area contributed by atoms with Crippen molar-refractivity contribution in [2.45, 2.75) is 64.8 Å². The highest BCUT2D eigenvalue weighted by atomic mass is 32.2. The third-order valence-corrected chi connectivity index (χ3v) is 4.92. The molecule has 0 bridgehead atoms. The first-order valence-corrected chi connectivity index (χ1v) is 8.52. The van der Waals surface area contributed by atoms with Gasteiger partial charge in [0.2, 0.25) is 0 Å². The van der Waals surface area contributed by atoms with Gasteiger partial charge in [0, 0.05) is 12.1 Å². The van der Waals surface area contributed by atoms with Crippen LogP contribution >= 0.6 is 0 Å². The summed E-state index contributed by atoms with van der Waals surface area (Å²) in [6.07, 6.45) is 4.55. The van der Waals surface area contributed by atoms with Crippen LogP contribution in [-0.4, -0.2) is 31.6 Å². The van der Waals surface area contributed by atoms with Crippen molar-refractivity contribution >= 4 is 16.2 Å². The SMILES string of the molecule is CC(C)(C)NS(=O)(=O)NCC1(CC(=O)O)CCCCC1. The van der Waals surface area contributed by atoms with Crippen LogP contribution in [0.15, 0.2) is 0 Å². The summed E-state index contributed by atoms with van der Waals surface area (Å²) in [5, 5.41) is 9.05. The van der Waals surface area contributed by atoms with Crippen LogP contribution in [0.5, 0.6) is 0 Å². The topological polar surface area (TPSA) is 95.5 Å². The summed E-state index contributed by atoms with van der Waals surface area (Å²) in [5.74, 6) is -0.866. The molecule has 0 heterocycles. The Bertz CT molecular complexity index is 434. The zero-order valence-electron chi connectivity index (χ0n) is 12.5. The molecule has 0 aromatic carbocycles.